The molecule has 0 spiro atoms. The lowest BCUT2D eigenvalue weighted by atomic mass is 9.90. The van der Waals surface area contributed by atoms with Gasteiger partial charge in [-0.3, -0.25) is 14.8 Å². The summed E-state index contributed by atoms with van der Waals surface area (Å²) in [4.78, 5) is 33.2. The summed E-state index contributed by atoms with van der Waals surface area (Å²) in [6.07, 6.45) is 5.97. The molecular weight excluding hydrogens is 454 g/mol. The van der Waals surface area contributed by atoms with Gasteiger partial charge in [0.25, 0.3) is 0 Å². The molecule has 184 valence electrons. The topological polar surface area (TPSA) is 109 Å². The highest BCUT2D eigenvalue weighted by molar-refractivity contribution is 6.31. The molecule has 1 aliphatic heterocycles. The predicted molar refractivity (Wildman–Crippen MR) is 135 cm³/mol. The minimum atomic E-state index is -0.476. The van der Waals surface area contributed by atoms with Crippen LogP contribution in [0.15, 0.2) is 35.3 Å². The summed E-state index contributed by atoms with van der Waals surface area (Å²) < 4.78 is 1.43. The van der Waals surface area contributed by atoms with Crippen molar-refractivity contribution in [3.05, 3.63) is 51.5 Å². The van der Waals surface area contributed by atoms with E-state index in [1.807, 2.05) is 12.1 Å². The molecule has 1 saturated heterocycles. The Hall–Kier alpha value is -2.46. The minimum Gasteiger partial charge on any atom is -0.328 e. The van der Waals surface area contributed by atoms with E-state index in [1.165, 1.54) is 4.57 Å². The summed E-state index contributed by atoms with van der Waals surface area (Å²) in [6, 6.07) is 7.87. The van der Waals surface area contributed by atoms with Gasteiger partial charge in [-0.15, -0.1) is 0 Å². The molecule has 34 heavy (non-hydrogen) atoms. The van der Waals surface area contributed by atoms with Gasteiger partial charge in [0.05, 0.1) is 5.69 Å². The van der Waals surface area contributed by atoms with Crippen LogP contribution >= 0.6 is 11.6 Å². The number of carbonyl (C=O) groups is 1. The number of nitrogens with zero attached hydrogens (tertiary/aromatic N) is 4. The van der Waals surface area contributed by atoms with E-state index in [0.717, 1.165) is 57.4 Å². The van der Waals surface area contributed by atoms with Crippen molar-refractivity contribution in [3.63, 3.8) is 0 Å². The van der Waals surface area contributed by atoms with Crippen molar-refractivity contribution in [1.82, 2.24) is 24.7 Å². The molecule has 2 aliphatic rings. The molecule has 9 nitrogen and oxygen atoms in total. The van der Waals surface area contributed by atoms with E-state index in [2.05, 4.69) is 27.4 Å². The number of carbonyl (C=O) groups excluding carboxylic acids is 1. The molecule has 1 aromatic carbocycles. The second-order valence-electron chi connectivity index (χ2n) is 9.04. The molecular formula is C24H34ClN7O2. The van der Waals surface area contributed by atoms with Crippen molar-refractivity contribution in [2.45, 2.75) is 51.2 Å². The SMILES string of the molecule is CCN(Cc1ccc(-n2ccc(NC(=O)N3CCNCC3)nc2=O)cc1Cl)C1CCC(N)CC1. The maximum absolute atomic E-state index is 12.7. The highest BCUT2D eigenvalue weighted by Gasteiger charge is 2.24. The highest BCUT2D eigenvalue weighted by atomic mass is 35.5. The second kappa shape index (κ2) is 11.3. The predicted octanol–water partition coefficient (Wildman–Crippen LogP) is 2.41. The van der Waals surface area contributed by atoms with Gasteiger partial charge in [0.2, 0.25) is 0 Å². The summed E-state index contributed by atoms with van der Waals surface area (Å²) in [5.74, 6) is 0.235. The van der Waals surface area contributed by atoms with Gasteiger partial charge < -0.3 is 16.0 Å². The Labute approximate surface area is 205 Å². The van der Waals surface area contributed by atoms with E-state index in [0.29, 0.717) is 35.9 Å². The number of piperazine rings is 1. The third-order valence-electron chi connectivity index (χ3n) is 6.80. The fourth-order valence-electron chi connectivity index (χ4n) is 4.72. The molecule has 1 aliphatic carbocycles. The zero-order valence-electron chi connectivity index (χ0n) is 19.7. The van der Waals surface area contributed by atoms with Crippen LogP contribution in [0.4, 0.5) is 10.6 Å². The zero-order chi connectivity index (χ0) is 24.1. The first-order chi connectivity index (χ1) is 16.4. The fourth-order valence-corrected chi connectivity index (χ4v) is 4.96. The van der Waals surface area contributed by atoms with Crippen molar-refractivity contribution in [3.8, 4) is 5.69 Å². The molecule has 0 radical (unpaired) electrons. The van der Waals surface area contributed by atoms with Gasteiger partial charge in [-0.2, -0.15) is 4.98 Å². The molecule has 10 heteroatoms. The summed E-state index contributed by atoms with van der Waals surface area (Å²) in [6.45, 7) is 6.63. The Morgan fingerprint density at radius 2 is 1.97 bits per heavy atom. The van der Waals surface area contributed by atoms with Crippen LogP contribution in [-0.4, -0.2) is 70.2 Å². The number of urea groups is 1. The number of halogens is 1. The number of amides is 2. The van der Waals surface area contributed by atoms with E-state index < -0.39 is 5.69 Å². The zero-order valence-corrected chi connectivity index (χ0v) is 20.4. The average molecular weight is 488 g/mol. The van der Waals surface area contributed by atoms with Gasteiger partial charge in [0.15, 0.2) is 0 Å². The van der Waals surface area contributed by atoms with Gasteiger partial charge in [0.1, 0.15) is 5.82 Å². The largest absolute Gasteiger partial charge is 0.354 e. The van der Waals surface area contributed by atoms with Gasteiger partial charge >= 0.3 is 11.7 Å². The maximum atomic E-state index is 12.7. The third-order valence-corrected chi connectivity index (χ3v) is 7.15. The van der Waals surface area contributed by atoms with Crippen LogP contribution < -0.4 is 22.1 Å². The molecule has 0 atom stereocenters. The maximum Gasteiger partial charge on any atom is 0.354 e. The molecule has 1 aromatic heterocycles. The molecule has 2 amide bonds. The van der Waals surface area contributed by atoms with Crippen molar-refractivity contribution in [2.24, 2.45) is 5.73 Å². The number of nitrogens with one attached hydrogen (secondary N) is 2. The Bertz CT molecular complexity index is 1050. The molecule has 4 N–H and O–H groups in total. The number of nitrogens with two attached hydrogens (primary N) is 1. The van der Waals surface area contributed by atoms with Crippen LogP contribution in [0.3, 0.4) is 0 Å². The molecule has 2 aromatic rings. The lowest BCUT2D eigenvalue weighted by Gasteiger charge is -2.35. The van der Waals surface area contributed by atoms with Crippen molar-refractivity contribution in [2.75, 3.05) is 38.0 Å². The highest BCUT2D eigenvalue weighted by Crippen LogP contribution is 2.26. The molecule has 2 heterocycles. The van der Waals surface area contributed by atoms with E-state index >= 15 is 0 Å². The minimum absolute atomic E-state index is 0.235. The van der Waals surface area contributed by atoms with Crippen molar-refractivity contribution >= 4 is 23.4 Å². The first-order valence-corrected chi connectivity index (χ1v) is 12.5. The first kappa shape index (κ1) is 24.7. The monoisotopic (exact) mass is 487 g/mol. The summed E-state index contributed by atoms with van der Waals surface area (Å²) in [5, 5.41) is 6.53. The number of aromatic nitrogens is 2. The third kappa shape index (κ3) is 5.96. The van der Waals surface area contributed by atoms with Gasteiger partial charge in [0, 0.05) is 56.0 Å². The number of hydrogen-bond acceptors (Lipinski definition) is 6. The van der Waals surface area contributed by atoms with Crippen LogP contribution in [0.25, 0.3) is 5.69 Å². The first-order valence-electron chi connectivity index (χ1n) is 12.1. The fraction of sp³-hybridized carbons (Fsp3) is 0.542. The number of benzene rings is 1. The Balaban J connectivity index is 1.43. The van der Waals surface area contributed by atoms with E-state index in [-0.39, 0.29) is 11.8 Å². The van der Waals surface area contributed by atoms with Crippen LogP contribution in [0.1, 0.15) is 38.2 Å². The van der Waals surface area contributed by atoms with Crippen LogP contribution in [0.2, 0.25) is 5.02 Å². The van der Waals surface area contributed by atoms with Crippen LogP contribution in [-0.2, 0) is 6.54 Å². The van der Waals surface area contributed by atoms with Crippen molar-refractivity contribution < 1.29 is 4.79 Å². The van der Waals surface area contributed by atoms with Crippen molar-refractivity contribution in [1.29, 1.82) is 0 Å². The smallest absolute Gasteiger partial charge is 0.328 e. The van der Waals surface area contributed by atoms with E-state index in [9.17, 15) is 9.59 Å². The van der Waals surface area contributed by atoms with E-state index in [1.54, 1.807) is 23.2 Å². The number of rotatable bonds is 6. The lowest BCUT2D eigenvalue weighted by molar-refractivity contribution is 0.149. The summed E-state index contributed by atoms with van der Waals surface area (Å²) >= 11 is 6.63. The quantitative estimate of drug-likeness (QED) is 0.577. The Morgan fingerprint density at radius 3 is 2.62 bits per heavy atom. The lowest BCUT2D eigenvalue weighted by Crippen LogP contribution is -2.48. The van der Waals surface area contributed by atoms with Gasteiger partial charge in [-0.25, -0.2) is 9.59 Å². The molecule has 4 rings (SSSR count). The number of anilines is 1. The van der Waals surface area contributed by atoms with Crippen LogP contribution in [0.5, 0.6) is 0 Å². The van der Waals surface area contributed by atoms with Gasteiger partial charge in [-0.05, 0) is 56.0 Å². The number of hydrogen-bond donors (Lipinski definition) is 3. The molecule has 1 saturated carbocycles. The Morgan fingerprint density at radius 1 is 1.24 bits per heavy atom. The second-order valence-corrected chi connectivity index (χ2v) is 9.45. The summed E-state index contributed by atoms with van der Waals surface area (Å²) in [5.41, 5.74) is 7.26. The Kier molecular flexibility index (Phi) is 8.20. The van der Waals surface area contributed by atoms with E-state index in [4.69, 9.17) is 17.3 Å². The summed E-state index contributed by atoms with van der Waals surface area (Å²) in [7, 11) is 0. The molecule has 0 bridgehead atoms. The molecule has 0 unspecified atom stereocenters. The normalized spacial score (nSPS) is 21.0. The van der Waals surface area contributed by atoms with Gasteiger partial charge in [-0.1, -0.05) is 24.6 Å². The van der Waals surface area contributed by atoms with Crippen LogP contribution in [0, 0.1) is 0 Å². The average Bonchev–Trinajstić information content (AvgIpc) is 2.84. The standard InChI is InChI=1S/C24H34ClN7O2/c1-2-30(19-7-4-18(26)5-8-19)16-17-3-6-20(15-21(17)25)32-12-9-22(29-24(32)34)28-23(33)31-13-10-27-11-14-31/h3,6,9,12,15,18-19,27H,2,4-5,7-8,10-11,13-14,16,26H2,1H3,(H,28,29,33,34). The molecule has 2 fully saturated rings.